The molecule has 0 bridgehead atoms. The molecule has 3 N–H and O–H groups in total. The van der Waals surface area contributed by atoms with Crippen molar-refractivity contribution in [2.45, 2.75) is 18.3 Å². The molecular weight excluding hydrogens is 220 g/mol. The lowest BCUT2D eigenvalue weighted by molar-refractivity contribution is -0.148. The molecule has 0 aliphatic carbocycles. The minimum atomic E-state index is -1.29. The molecule has 0 saturated carbocycles. The van der Waals surface area contributed by atoms with Crippen molar-refractivity contribution in [1.82, 2.24) is 4.90 Å². The molecule has 7 heteroatoms. The number of carbonyl (C=O) groups is 2. The molecule has 0 radical (unpaired) electrons. The predicted molar refractivity (Wildman–Crippen MR) is 52.0 cm³/mol. The maximum atomic E-state index is 11.6. The molecule has 2 aliphatic heterocycles. The van der Waals surface area contributed by atoms with Crippen molar-refractivity contribution in [3.63, 3.8) is 0 Å². The second-order valence-corrected chi connectivity index (χ2v) is 5.12. The summed E-state index contributed by atoms with van der Waals surface area (Å²) in [5.41, 5.74) is 5.87. The summed E-state index contributed by atoms with van der Waals surface area (Å²) in [5.74, 6) is -1.47. The van der Waals surface area contributed by atoms with Crippen LogP contribution in [0.4, 0.5) is 0 Å². The summed E-state index contributed by atoms with van der Waals surface area (Å²) < 4.78 is 11.6. The topological polar surface area (TPSA) is 107 Å². The van der Waals surface area contributed by atoms with Crippen LogP contribution in [0.15, 0.2) is 11.3 Å². The third-order valence-corrected chi connectivity index (χ3v) is 4.32. The quantitative estimate of drug-likeness (QED) is 0.425. The van der Waals surface area contributed by atoms with Crippen LogP contribution in [0.3, 0.4) is 0 Å². The second kappa shape index (κ2) is 3.22. The van der Waals surface area contributed by atoms with E-state index in [1.54, 1.807) is 6.92 Å². The fourth-order valence-corrected chi connectivity index (χ4v) is 3.49. The number of hydrogen-bond donors (Lipinski definition) is 2. The first-order valence-electron chi connectivity index (χ1n) is 4.34. The molecule has 0 aromatic heterocycles. The molecule has 2 aliphatic rings. The highest BCUT2D eigenvalue weighted by Crippen LogP contribution is 2.35. The third-order valence-electron chi connectivity index (χ3n) is 2.56. The summed E-state index contributed by atoms with van der Waals surface area (Å²) in [5, 5.41) is 8.27. The first-order chi connectivity index (χ1) is 6.95. The highest BCUT2D eigenvalue weighted by atomic mass is 32.2. The molecule has 2 heterocycles. The molecule has 3 atom stereocenters. The molecule has 1 saturated heterocycles. The second-order valence-electron chi connectivity index (χ2n) is 3.58. The number of rotatable bonds is 1. The van der Waals surface area contributed by atoms with Crippen molar-refractivity contribution in [3.05, 3.63) is 11.3 Å². The highest BCUT2D eigenvalue weighted by Gasteiger charge is 2.58. The predicted octanol–water partition coefficient (Wildman–Crippen LogP) is -1.40. The Bertz CT molecular complexity index is 381. The standard InChI is InChI=1S/C8H10N2O4S/c1-3-2-15(14)7-4(9)6(11)10(7)5(3)8(12)13/h4,7H,2,9H2,1H3,(H,12,13)/t4?,7-,15?/m1/s1. The van der Waals surface area contributed by atoms with E-state index in [1.165, 1.54) is 0 Å². The lowest BCUT2D eigenvalue weighted by atomic mass is 10.0. The van der Waals surface area contributed by atoms with Crippen LogP contribution >= 0.6 is 0 Å². The van der Waals surface area contributed by atoms with E-state index in [1.807, 2.05) is 0 Å². The molecule has 6 nitrogen and oxygen atoms in total. The zero-order valence-corrected chi connectivity index (χ0v) is 8.78. The highest BCUT2D eigenvalue weighted by molar-refractivity contribution is 7.92. The summed E-state index contributed by atoms with van der Waals surface area (Å²) in [6, 6.07) is -0.826. The lowest BCUT2D eigenvalue weighted by Gasteiger charge is -2.47. The van der Waals surface area contributed by atoms with Crippen LogP contribution in [0, 0.1) is 0 Å². The average molecular weight is 230 g/mol. The van der Waals surface area contributed by atoms with E-state index in [-0.39, 0.29) is 11.4 Å². The minimum absolute atomic E-state index is 0.0636. The van der Waals surface area contributed by atoms with Gasteiger partial charge in [0.15, 0.2) is 6.04 Å². The summed E-state index contributed by atoms with van der Waals surface area (Å²) in [6.45, 7) is 1.56. The molecule has 0 aromatic carbocycles. The van der Waals surface area contributed by atoms with Crippen LogP contribution in [0.5, 0.6) is 0 Å². The van der Waals surface area contributed by atoms with Crippen LogP contribution in [0.2, 0.25) is 0 Å². The molecule has 1 fully saturated rings. The number of hydrogen-bond acceptors (Lipinski definition) is 4. The van der Waals surface area contributed by atoms with Crippen LogP contribution in [0.25, 0.3) is 0 Å². The van der Waals surface area contributed by atoms with Crippen molar-refractivity contribution in [3.8, 4) is 0 Å². The molecule has 15 heavy (non-hydrogen) atoms. The van der Waals surface area contributed by atoms with E-state index in [9.17, 15) is 14.1 Å². The van der Waals surface area contributed by atoms with Gasteiger partial charge in [-0.1, -0.05) is 0 Å². The number of carbonyl (C=O) groups excluding carboxylic acids is 1. The summed E-state index contributed by atoms with van der Waals surface area (Å²) in [4.78, 5) is 23.3. The Hall–Kier alpha value is -1.05. The Morgan fingerprint density at radius 1 is 1.73 bits per heavy atom. The molecule has 1 amide bonds. The molecule has 2 rings (SSSR count). The molecule has 0 aromatic rings. The zero-order valence-electron chi connectivity index (χ0n) is 7.97. The average Bonchev–Trinajstić information content (AvgIpc) is 2.15. The molecule has 2 unspecified atom stereocenters. The molecule has 82 valence electrons. The summed E-state index contributed by atoms with van der Waals surface area (Å²) in [7, 11) is 0. The zero-order chi connectivity index (χ0) is 11.3. The number of carboxylic acid groups (broad SMARTS) is 1. The van der Waals surface area contributed by atoms with Crippen molar-refractivity contribution < 1.29 is 19.2 Å². The van der Waals surface area contributed by atoms with Gasteiger partial charge in [-0.05, 0) is 18.1 Å². The van der Waals surface area contributed by atoms with E-state index in [0.717, 1.165) is 4.90 Å². The van der Waals surface area contributed by atoms with Gasteiger partial charge in [0.25, 0.3) is 5.91 Å². The van der Waals surface area contributed by atoms with Crippen LogP contribution in [-0.2, 0) is 20.8 Å². The normalized spacial score (nSPS) is 35.0. The maximum absolute atomic E-state index is 11.6. The van der Waals surface area contributed by atoms with E-state index in [4.69, 9.17) is 10.8 Å². The number of β-lactam (4-membered cyclic amide) rings is 1. The Labute approximate surface area is 88.9 Å². The Kier molecular flexibility index (Phi) is 2.25. The largest absolute Gasteiger partial charge is 0.614 e. The summed E-state index contributed by atoms with van der Waals surface area (Å²) in [6.07, 6.45) is 0. The van der Waals surface area contributed by atoms with Gasteiger partial charge in [-0.3, -0.25) is 9.69 Å². The van der Waals surface area contributed by atoms with Gasteiger partial charge in [0.2, 0.25) is 5.37 Å². The van der Waals surface area contributed by atoms with Gasteiger partial charge in [0, 0.05) is 5.57 Å². The van der Waals surface area contributed by atoms with Crippen molar-refractivity contribution in [2.75, 3.05) is 5.75 Å². The monoisotopic (exact) mass is 230 g/mol. The van der Waals surface area contributed by atoms with E-state index in [0.29, 0.717) is 5.57 Å². The van der Waals surface area contributed by atoms with Crippen LogP contribution in [-0.4, -0.2) is 43.6 Å². The first kappa shape index (κ1) is 10.5. The fourth-order valence-electron chi connectivity index (χ4n) is 1.86. The van der Waals surface area contributed by atoms with Crippen LogP contribution < -0.4 is 5.73 Å². The van der Waals surface area contributed by atoms with Gasteiger partial charge in [-0.15, -0.1) is 0 Å². The number of aliphatic carboxylic acids is 1. The minimum Gasteiger partial charge on any atom is -0.614 e. The van der Waals surface area contributed by atoms with E-state index >= 15 is 0 Å². The van der Waals surface area contributed by atoms with Gasteiger partial charge >= 0.3 is 5.97 Å². The van der Waals surface area contributed by atoms with Gasteiger partial charge < -0.3 is 15.4 Å². The number of fused-ring (bicyclic) bond motifs is 1. The Morgan fingerprint density at radius 2 is 2.33 bits per heavy atom. The number of carboxylic acids is 1. The van der Waals surface area contributed by atoms with Gasteiger partial charge in [0.1, 0.15) is 11.4 Å². The Balaban J connectivity index is 2.42. The molecule has 0 spiro atoms. The number of amides is 1. The van der Waals surface area contributed by atoms with Gasteiger partial charge in [-0.2, -0.15) is 0 Å². The Morgan fingerprint density at radius 3 is 2.87 bits per heavy atom. The third kappa shape index (κ3) is 1.27. The van der Waals surface area contributed by atoms with Crippen LogP contribution in [0.1, 0.15) is 6.92 Å². The van der Waals surface area contributed by atoms with Crippen molar-refractivity contribution >= 4 is 23.1 Å². The smallest absolute Gasteiger partial charge is 0.352 e. The van der Waals surface area contributed by atoms with E-state index in [2.05, 4.69) is 0 Å². The van der Waals surface area contributed by atoms with Gasteiger partial charge in [0.05, 0.1) is 0 Å². The van der Waals surface area contributed by atoms with Gasteiger partial charge in [-0.25, -0.2) is 4.79 Å². The molecular formula is C8H10N2O4S. The first-order valence-corrected chi connectivity index (χ1v) is 5.72. The van der Waals surface area contributed by atoms with Crippen molar-refractivity contribution in [2.24, 2.45) is 5.73 Å². The lowest BCUT2D eigenvalue weighted by Crippen LogP contribution is -2.73. The number of nitrogens with two attached hydrogens (primary N) is 1. The fraction of sp³-hybridized carbons (Fsp3) is 0.500. The SMILES string of the molecule is CC1=C(C(=O)O)N2C(=O)C(N)[C@H]2[S+]([O-])C1. The van der Waals surface area contributed by atoms with E-state index < -0.39 is 34.5 Å². The maximum Gasteiger partial charge on any atom is 0.352 e. The summed E-state index contributed by atoms with van der Waals surface area (Å²) >= 11 is -1.29. The van der Waals surface area contributed by atoms with Crippen molar-refractivity contribution in [1.29, 1.82) is 0 Å². The number of nitrogens with zero attached hydrogens (tertiary/aromatic N) is 1.